The number of carbonyl (C=O) groups excluding carboxylic acids is 1. The van der Waals surface area contributed by atoms with Crippen LogP contribution in [0.5, 0.6) is 0 Å². The highest BCUT2D eigenvalue weighted by molar-refractivity contribution is 5.68. The van der Waals surface area contributed by atoms with Crippen LogP contribution in [0.4, 0.5) is 0 Å². The predicted molar refractivity (Wildman–Crippen MR) is 33.0 cm³/mol. The minimum atomic E-state index is -1.10. The average Bonchev–Trinajstić information content (AvgIpc) is 1.88. The second-order valence-electron chi connectivity index (χ2n) is 2.78. The molecule has 3 nitrogen and oxygen atoms in total. The maximum absolute atomic E-state index is 10.3. The summed E-state index contributed by atoms with van der Waals surface area (Å²) >= 11 is 0. The number of hydrogen-bond donors (Lipinski definition) is 1. The van der Waals surface area contributed by atoms with Gasteiger partial charge in [0.2, 0.25) is 0 Å². The van der Waals surface area contributed by atoms with Crippen LogP contribution in [0.1, 0.15) is 25.7 Å². The zero-order valence-corrected chi connectivity index (χ0v) is 5.75. The molecule has 1 aliphatic rings. The summed E-state index contributed by atoms with van der Waals surface area (Å²) in [5.41, 5.74) is 0. The Hall–Kier alpha value is -0.570. The van der Waals surface area contributed by atoms with Gasteiger partial charge in [0.15, 0.2) is 0 Å². The van der Waals surface area contributed by atoms with E-state index in [9.17, 15) is 9.90 Å². The van der Waals surface area contributed by atoms with E-state index in [4.69, 9.17) is 5.11 Å². The van der Waals surface area contributed by atoms with Crippen LogP contribution in [-0.4, -0.2) is 17.2 Å². The molecule has 1 rings (SSSR count). The van der Waals surface area contributed by atoms with Crippen molar-refractivity contribution in [1.29, 1.82) is 0 Å². The Labute approximate surface area is 59.7 Å². The van der Waals surface area contributed by atoms with E-state index in [1.165, 1.54) is 0 Å². The molecule has 0 unspecified atom stereocenters. The summed E-state index contributed by atoms with van der Waals surface area (Å²) in [5, 5.41) is 19.4. The number of carbonyl (C=O) groups is 1. The number of rotatable bonds is 1. The summed E-state index contributed by atoms with van der Waals surface area (Å²) in [5.74, 6) is -1.72. The standard InChI is InChI=1S/C7H12O3/c8-6-4-2-1-3-5(6)7(9)10/h5-6,8H,1-4H2,(H,9,10)/p-1/t5-,6+/m1/s1. The Morgan fingerprint density at radius 1 is 1.40 bits per heavy atom. The van der Waals surface area contributed by atoms with Crippen LogP contribution in [0, 0.1) is 5.92 Å². The molecule has 2 atom stereocenters. The van der Waals surface area contributed by atoms with Crippen molar-refractivity contribution in [1.82, 2.24) is 0 Å². The van der Waals surface area contributed by atoms with Gasteiger partial charge in [0.25, 0.3) is 0 Å². The van der Waals surface area contributed by atoms with Gasteiger partial charge in [-0.1, -0.05) is 12.8 Å². The van der Waals surface area contributed by atoms with Crippen molar-refractivity contribution < 1.29 is 15.0 Å². The van der Waals surface area contributed by atoms with E-state index in [2.05, 4.69) is 0 Å². The van der Waals surface area contributed by atoms with Gasteiger partial charge in [-0.2, -0.15) is 0 Å². The number of carboxylic acids is 1. The molecular weight excluding hydrogens is 132 g/mol. The van der Waals surface area contributed by atoms with Crippen LogP contribution in [0.3, 0.4) is 0 Å². The van der Waals surface area contributed by atoms with Gasteiger partial charge >= 0.3 is 0 Å². The molecule has 58 valence electrons. The molecule has 0 spiro atoms. The third-order valence-electron chi connectivity index (χ3n) is 2.03. The first-order chi connectivity index (χ1) is 4.72. The molecule has 0 amide bonds. The van der Waals surface area contributed by atoms with Gasteiger partial charge in [0, 0.05) is 11.9 Å². The lowest BCUT2D eigenvalue weighted by atomic mass is 9.87. The largest absolute Gasteiger partial charge is 0.550 e. The molecule has 10 heavy (non-hydrogen) atoms. The van der Waals surface area contributed by atoms with Crippen molar-refractivity contribution in [3.8, 4) is 0 Å². The molecule has 1 fully saturated rings. The number of aliphatic hydroxyl groups is 1. The first-order valence-electron chi connectivity index (χ1n) is 3.60. The molecule has 0 heterocycles. The second-order valence-corrected chi connectivity index (χ2v) is 2.78. The minimum Gasteiger partial charge on any atom is -0.550 e. The summed E-state index contributed by atoms with van der Waals surface area (Å²) in [4.78, 5) is 10.3. The Kier molecular flexibility index (Phi) is 2.27. The molecule has 1 aliphatic carbocycles. The highest BCUT2D eigenvalue weighted by Crippen LogP contribution is 2.23. The summed E-state index contributed by atoms with van der Waals surface area (Å²) in [6.45, 7) is 0. The normalized spacial score (nSPS) is 33.7. The molecule has 0 aromatic rings. The van der Waals surface area contributed by atoms with Crippen LogP contribution in [0.2, 0.25) is 0 Å². The molecule has 0 aliphatic heterocycles. The number of aliphatic hydroxyl groups excluding tert-OH is 1. The maximum atomic E-state index is 10.3. The zero-order valence-electron chi connectivity index (χ0n) is 5.75. The fourth-order valence-electron chi connectivity index (χ4n) is 1.39. The van der Waals surface area contributed by atoms with Crippen molar-refractivity contribution in [2.45, 2.75) is 31.8 Å². The highest BCUT2D eigenvalue weighted by atomic mass is 16.4. The quantitative estimate of drug-likeness (QED) is 0.527. The third kappa shape index (κ3) is 1.48. The Morgan fingerprint density at radius 3 is 2.40 bits per heavy atom. The Morgan fingerprint density at radius 2 is 2.00 bits per heavy atom. The van der Waals surface area contributed by atoms with Crippen molar-refractivity contribution in [2.24, 2.45) is 5.92 Å². The number of hydrogen-bond acceptors (Lipinski definition) is 3. The van der Waals surface area contributed by atoms with Crippen molar-refractivity contribution in [3.63, 3.8) is 0 Å². The van der Waals surface area contributed by atoms with E-state index in [0.29, 0.717) is 12.8 Å². The summed E-state index contributed by atoms with van der Waals surface area (Å²) in [6, 6.07) is 0. The van der Waals surface area contributed by atoms with Gasteiger partial charge in [0.1, 0.15) is 0 Å². The monoisotopic (exact) mass is 143 g/mol. The van der Waals surface area contributed by atoms with E-state index in [0.717, 1.165) is 12.8 Å². The topological polar surface area (TPSA) is 60.4 Å². The first-order valence-corrected chi connectivity index (χ1v) is 3.60. The van der Waals surface area contributed by atoms with Crippen molar-refractivity contribution in [3.05, 3.63) is 0 Å². The van der Waals surface area contributed by atoms with E-state index in [-0.39, 0.29) is 0 Å². The molecular formula is C7H11O3-. The highest BCUT2D eigenvalue weighted by Gasteiger charge is 2.23. The van der Waals surface area contributed by atoms with Crippen molar-refractivity contribution >= 4 is 5.97 Å². The number of aliphatic carboxylic acids is 1. The van der Waals surface area contributed by atoms with Gasteiger partial charge in [-0.05, 0) is 12.8 Å². The molecule has 0 bridgehead atoms. The lowest BCUT2D eigenvalue weighted by molar-refractivity contribution is -0.315. The molecule has 0 radical (unpaired) electrons. The molecule has 0 saturated heterocycles. The third-order valence-corrected chi connectivity index (χ3v) is 2.03. The van der Waals surface area contributed by atoms with E-state index in [1.807, 2.05) is 0 Å². The van der Waals surface area contributed by atoms with Crippen LogP contribution >= 0.6 is 0 Å². The molecule has 1 saturated carbocycles. The van der Waals surface area contributed by atoms with Crippen LogP contribution in [0.25, 0.3) is 0 Å². The smallest absolute Gasteiger partial charge is 0.0620 e. The van der Waals surface area contributed by atoms with Crippen molar-refractivity contribution in [2.75, 3.05) is 0 Å². The summed E-state index contributed by atoms with van der Waals surface area (Å²) in [7, 11) is 0. The molecule has 0 aromatic carbocycles. The predicted octanol–water partition coefficient (Wildman–Crippen LogP) is -0.713. The zero-order chi connectivity index (χ0) is 7.56. The fourth-order valence-corrected chi connectivity index (χ4v) is 1.39. The van der Waals surface area contributed by atoms with Gasteiger partial charge in [-0.15, -0.1) is 0 Å². The molecule has 3 heteroatoms. The fraction of sp³-hybridized carbons (Fsp3) is 0.857. The first kappa shape index (κ1) is 7.54. The SMILES string of the molecule is O=C([O-])[C@@H]1CCCC[C@@H]1O. The van der Waals surface area contributed by atoms with Gasteiger partial charge < -0.3 is 15.0 Å². The lowest BCUT2D eigenvalue weighted by Crippen LogP contribution is -2.40. The van der Waals surface area contributed by atoms with Gasteiger partial charge in [-0.3, -0.25) is 0 Å². The lowest BCUT2D eigenvalue weighted by Gasteiger charge is -2.27. The van der Waals surface area contributed by atoms with Gasteiger partial charge in [-0.25, -0.2) is 0 Å². The van der Waals surface area contributed by atoms with Crippen LogP contribution in [0.15, 0.2) is 0 Å². The molecule has 0 aromatic heterocycles. The number of carboxylic acid groups (broad SMARTS) is 1. The van der Waals surface area contributed by atoms with E-state index in [1.54, 1.807) is 0 Å². The van der Waals surface area contributed by atoms with E-state index < -0.39 is 18.0 Å². The summed E-state index contributed by atoms with van der Waals surface area (Å²) < 4.78 is 0. The summed E-state index contributed by atoms with van der Waals surface area (Å²) in [6.07, 6.45) is 2.35. The minimum absolute atomic E-state index is 0.573. The van der Waals surface area contributed by atoms with E-state index >= 15 is 0 Å². The molecule has 1 N–H and O–H groups in total. The average molecular weight is 143 g/mol. The van der Waals surface area contributed by atoms with Gasteiger partial charge in [0.05, 0.1) is 6.10 Å². The Balaban J connectivity index is 2.47. The van der Waals surface area contributed by atoms with Crippen LogP contribution < -0.4 is 5.11 Å². The van der Waals surface area contributed by atoms with Crippen LogP contribution in [-0.2, 0) is 4.79 Å². The maximum Gasteiger partial charge on any atom is 0.0620 e. The Bertz CT molecular complexity index is 133. The second kappa shape index (κ2) is 3.01.